The second kappa shape index (κ2) is 8.03. The first-order valence-electron chi connectivity index (χ1n) is 8.51. The zero-order chi connectivity index (χ0) is 19.4. The number of carbonyl (C=O) groups is 2. The molecule has 0 aliphatic rings. The Bertz CT molecular complexity index is 847. The van der Waals surface area contributed by atoms with E-state index < -0.39 is 30.0 Å². The van der Waals surface area contributed by atoms with Crippen LogP contribution >= 0.6 is 0 Å². The zero-order valence-corrected chi connectivity index (χ0v) is 15.7. The largest absolute Gasteiger partial charge is 0.445 e. The smallest absolute Gasteiger partial charge is 0.437 e. The van der Waals surface area contributed by atoms with E-state index in [4.69, 9.17) is 9.47 Å². The number of carbonyl (C=O) groups excluding carboxylic acids is 2. The van der Waals surface area contributed by atoms with E-state index >= 15 is 0 Å². The molecule has 0 unspecified atom stereocenters. The van der Waals surface area contributed by atoms with Crippen molar-refractivity contribution in [2.75, 3.05) is 0 Å². The Morgan fingerprint density at radius 3 is 1.92 bits per heavy atom. The second-order valence-corrected chi connectivity index (χ2v) is 6.53. The van der Waals surface area contributed by atoms with Crippen molar-refractivity contribution in [3.8, 4) is 0 Å². The highest BCUT2D eigenvalue weighted by molar-refractivity contribution is 5.78. The molecule has 1 aromatic heterocycles. The summed E-state index contributed by atoms with van der Waals surface area (Å²) in [6.45, 7) is 8.31. The van der Waals surface area contributed by atoms with Gasteiger partial charge in [-0.15, -0.1) is 4.68 Å². The van der Waals surface area contributed by atoms with E-state index in [-0.39, 0.29) is 0 Å². The number of hydrogen-bond acceptors (Lipinski definition) is 5. The van der Waals surface area contributed by atoms with E-state index in [2.05, 4.69) is 0 Å². The van der Waals surface area contributed by atoms with E-state index in [1.165, 1.54) is 0 Å². The lowest BCUT2D eigenvalue weighted by Gasteiger charge is -2.15. The molecule has 0 aliphatic carbocycles. The lowest BCUT2D eigenvalue weighted by molar-refractivity contribution is 0.0938. The summed E-state index contributed by atoms with van der Waals surface area (Å²) in [5.41, 5.74) is 1.00. The Labute approximate surface area is 152 Å². The van der Waals surface area contributed by atoms with Gasteiger partial charge in [-0.25, -0.2) is 9.59 Å². The first kappa shape index (κ1) is 19.5. The number of benzene rings is 1. The molecule has 0 radical (unpaired) electrons. The van der Waals surface area contributed by atoms with Crippen LogP contribution in [0.15, 0.2) is 35.1 Å². The molecule has 0 N–H and O–H groups in total. The molecule has 26 heavy (non-hydrogen) atoms. The fourth-order valence-corrected chi connectivity index (χ4v) is 2.51. The highest BCUT2D eigenvalue weighted by atomic mass is 16.6. The lowest BCUT2D eigenvalue weighted by atomic mass is 10.1. The Hall–Kier alpha value is -2.83. The van der Waals surface area contributed by atoms with Crippen molar-refractivity contribution in [3.63, 3.8) is 0 Å². The number of rotatable bonds is 4. The number of ether oxygens (including phenoxy) is 2. The van der Waals surface area contributed by atoms with Crippen LogP contribution in [0.5, 0.6) is 0 Å². The van der Waals surface area contributed by atoms with Gasteiger partial charge in [0, 0.05) is 12.0 Å². The van der Waals surface area contributed by atoms with Gasteiger partial charge in [-0.05, 0) is 40.2 Å². The fourth-order valence-electron chi connectivity index (χ4n) is 2.51. The predicted octanol–water partition coefficient (Wildman–Crippen LogP) is 3.34. The first-order valence-corrected chi connectivity index (χ1v) is 8.51. The van der Waals surface area contributed by atoms with Crippen molar-refractivity contribution < 1.29 is 19.1 Å². The fraction of sp³-hybridized carbons (Fsp3) is 0.421. The van der Waals surface area contributed by atoms with E-state index in [0.29, 0.717) is 22.4 Å². The predicted molar refractivity (Wildman–Crippen MR) is 96.7 cm³/mol. The average molecular weight is 360 g/mol. The molecule has 7 heteroatoms. The van der Waals surface area contributed by atoms with E-state index in [1.807, 2.05) is 30.3 Å². The Morgan fingerprint density at radius 1 is 0.923 bits per heavy atom. The topological polar surface area (TPSA) is 79.5 Å². The number of aromatic nitrogens is 2. The summed E-state index contributed by atoms with van der Waals surface area (Å²) in [6.07, 6.45) is -2.24. The summed E-state index contributed by atoms with van der Waals surface area (Å²) in [5.74, 6) is 0. The van der Waals surface area contributed by atoms with Crippen LogP contribution in [0.2, 0.25) is 0 Å². The minimum absolute atomic E-state index is 0.301. The maximum absolute atomic E-state index is 12.6. The van der Waals surface area contributed by atoms with Gasteiger partial charge in [-0.1, -0.05) is 30.3 Å². The van der Waals surface area contributed by atoms with Crippen LogP contribution in [0.25, 0.3) is 0 Å². The molecule has 0 spiro atoms. The average Bonchev–Trinajstić information content (AvgIpc) is 2.79. The summed E-state index contributed by atoms with van der Waals surface area (Å²) < 4.78 is 12.1. The molecule has 140 valence electrons. The van der Waals surface area contributed by atoms with E-state index in [0.717, 1.165) is 10.2 Å². The van der Waals surface area contributed by atoms with Crippen LogP contribution in [-0.4, -0.2) is 33.8 Å². The Kier molecular flexibility index (Phi) is 6.02. The molecule has 2 rings (SSSR count). The maximum atomic E-state index is 12.6. The SMILES string of the molecule is Cc1c(Cc2ccccc2)n(C(=O)OC(C)C)n(C(=O)OC(C)C)c1=O. The highest BCUT2D eigenvalue weighted by Gasteiger charge is 2.28. The van der Waals surface area contributed by atoms with Crippen molar-refractivity contribution in [1.82, 2.24) is 9.36 Å². The van der Waals surface area contributed by atoms with Crippen molar-refractivity contribution in [2.45, 2.75) is 53.2 Å². The summed E-state index contributed by atoms with van der Waals surface area (Å²) >= 11 is 0. The summed E-state index contributed by atoms with van der Waals surface area (Å²) in [7, 11) is 0. The molecule has 0 saturated heterocycles. The van der Waals surface area contributed by atoms with Gasteiger partial charge in [0.05, 0.1) is 17.9 Å². The number of hydrogen-bond donors (Lipinski definition) is 0. The van der Waals surface area contributed by atoms with Crippen molar-refractivity contribution >= 4 is 12.2 Å². The third kappa shape index (κ3) is 4.22. The first-order chi connectivity index (χ1) is 12.2. The van der Waals surface area contributed by atoms with Gasteiger partial charge in [-0.2, -0.15) is 4.68 Å². The molecule has 1 aromatic carbocycles. The lowest BCUT2D eigenvalue weighted by Crippen LogP contribution is -2.36. The molecular weight excluding hydrogens is 336 g/mol. The van der Waals surface area contributed by atoms with E-state index in [1.54, 1.807) is 34.6 Å². The van der Waals surface area contributed by atoms with Crippen molar-refractivity contribution in [2.24, 2.45) is 0 Å². The molecule has 0 saturated carbocycles. The molecule has 0 amide bonds. The van der Waals surface area contributed by atoms with Gasteiger partial charge in [-0.3, -0.25) is 4.79 Å². The molecule has 2 aromatic rings. The number of nitrogens with zero attached hydrogens (tertiary/aromatic N) is 2. The molecular formula is C19H24N2O5. The summed E-state index contributed by atoms with van der Waals surface area (Å²) in [5, 5.41) is 0. The molecule has 0 bridgehead atoms. The molecule has 7 nitrogen and oxygen atoms in total. The minimum atomic E-state index is -0.909. The third-order valence-corrected chi connectivity index (χ3v) is 3.64. The highest BCUT2D eigenvalue weighted by Crippen LogP contribution is 2.14. The van der Waals surface area contributed by atoms with Crippen LogP contribution in [0, 0.1) is 6.92 Å². The molecule has 1 heterocycles. The van der Waals surface area contributed by atoms with Crippen LogP contribution in [-0.2, 0) is 15.9 Å². The monoisotopic (exact) mass is 360 g/mol. The zero-order valence-electron chi connectivity index (χ0n) is 15.7. The maximum Gasteiger partial charge on any atom is 0.437 e. The van der Waals surface area contributed by atoms with Crippen LogP contribution < -0.4 is 5.56 Å². The molecule has 0 aliphatic heterocycles. The van der Waals surface area contributed by atoms with Gasteiger partial charge < -0.3 is 9.47 Å². The summed E-state index contributed by atoms with van der Waals surface area (Å²) in [6, 6.07) is 9.37. The van der Waals surface area contributed by atoms with Gasteiger partial charge in [0.15, 0.2) is 0 Å². The molecule has 0 fully saturated rings. The van der Waals surface area contributed by atoms with Crippen LogP contribution in [0.4, 0.5) is 9.59 Å². The third-order valence-electron chi connectivity index (χ3n) is 3.64. The minimum Gasteiger partial charge on any atom is -0.445 e. The van der Waals surface area contributed by atoms with Gasteiger partial charge in [0.25, 0.3) is 5.56 Å². The van der Waals surface area contributed by atoms with Crippen LogP contribution in [0.3, 0.4) is 0 Å². The van der Waals surface area contributed by atoms with Crippen molar-refractivity contribution in [3.05, 3.63) is 57.5 Å². The normalized spacial score (nSPS) is 11.0. The Balaban J connectivity index is 2.60. The van der Waals surface area contributed by atoms with Gasteiger partial charge >= 0.3 is 12.2 Å². The van der Waals surface area contributed by atoms with Gasteiger partial charge in [0.1, 0.15) is 0 Å². The molecule has 0 atom stereocenters. The quantitative estimate of drug-likeness (QED) is 0.835. The van der Waals surface area contributed by atoms with E-state index in [9.17, 15) is 14.4 Å². The summed E-state index contributed by atoms with van der Waals surface area (Å²) in [4.78, 5) is 37.7. The van der Waals surface area contributed by atoms with Crippen molar-refractivity contribution in [1.29, 1.82) is 0 Å². The van der Waals surface area contributed by atoms with Crippen LogP contribution in [0.1, 0.15) is 44.5 Å². The second-order valence-electron chi connectivity index (χ2n) is 6.53. The van der Waals surface area contributed by atoms with Gasteiger partial charge in [0.2, 0.25) is 0 Å². The Morgan fingerprint density at radius 2 is 1.42 bits per heavy atom. The standard InChI is InChI=1S/C19H24N2O5/c1-12(2)25-18(23)20-16(11-15-9-7-6-8-10-15)14(5)17(22)21(20)19(24)26-13(3)4/h6-10,12-13H,11H2,1-5H3.